The quantitative estimate of drug-likeness (QED) is 0.165. The molecule has 0 spiro atoms. The number of nitrogen functional groups attached to an aromatic ring is 3. The first-order chi connectivity index (χ1) is 7.10. The summed E-state index contributed by atoms with van der Waals surface area (Å²) >= 11 is 0. The van der Waals surface area contributed by atoms with Crippen LogP contribution in [0.15, 0.2) is 18.2 Å². The fraction of sp³-hybridized carbons (Fsp3) is 0. The van der Waals surface area contributed by atoms with Crippen LogP contribution in [0.3, 0.4) is 0 Å². The second-order valence-corrected chi connectivity index (χ2v) is 2.75. The van der Waals surface area contributed by atoms with Crippen molar-refractivity contribution in [1.82, 2.24) is 10.9 Å². The Kier molecular flexibility index (Phi) is 4.89. The van der Waals surface area contributed by atoms with E-state index in [9.17, 15) is 9.59 Å². The van der Waals surface area contributed by atoms with Gasteiger partial charge in [-0.05, 0) is 18.2 Å². The fourth-order valence-electron chi connectivity index (χ4n) is 1.10. The maximum atomic E-state index is 11.3. The number of carbonyl (C=O) groups is 2. The number of benzene rings is 1. The molecular weight excluding hydrogens is 214 g/mol. The van der Waals surface area contributed by atoms with Crippen molar-refractivity contribution in [2.75, 3.05) is 5.73 Å². The van der Waals surface area contributed by atoms with E-state index in [4.69, 9.17) is 17.4 Å². The van der Waals surface area contributed by atoms with Crippen LogP contribution in [-0.2, 0) is 0 Å². The van der Waals surface area contributed by atoms with Gasteiger partial charge in [0.05, 0.1) is 11.1 Å². The zero-order chi connectivity index (χ0) is 11.4. The zero-order valence-electron chi connectivity index (χ0n) is 8.28. The molecule has 0 aliphatic carbocycles. The molecule has 2 amide bonds. The predicted octanol–water partition coefficient (Wildman–Crippen LogP) is -2.35. The van der Waals surface area contributed by atoms with Gasteiger partial charge >= 0.3 is 0 Å². The molecule has 8 nitrogen and oxygen atoms in total. The maximum absolute atomic E-state index is 11.3. The number of carbonyl (C=O) groups excluding carboxylic acids is 2. The Morgan fingerprint density at radius 1 is 1.00 bits per heavy atom. The third-order valence-electron chi connectivity index (χ3n) is 1.80. The van der Waals surface area contributed by atoms with E-state index in [0.717, 1.165) is 0 Å². The highest BCUT2D eigenvalue weighted by atomic mass is 16.2. The molecule has 0 aliphatic heterocycles. The lowest BCUT2D eigenvalue weighted by Crippen LogP contribution is -2.35. The number of nitrogens with one attached hydrogen (secondary N) is 2. The Morgan fingerprint density at radius 2 is 1.50 bits per heavy atom. The largest absolute Gasteiger partial charge is 0.412 e. The molecule has 0 bridgehead atoms. The maximum Gasteiger partial charge on any atom is 0.266 e. The van der Waals surface area contributed by atoms with Gasteiger partial charge in [-0.1, -0.05) is 0 Å². The Morgan fingerprint density at radius 3 is 2.00 bits per heavy atom. The SMILES string of the molecule is NNC(=O)c1ccc(N)cc1C(=O)NN.O. The molecule has 1 aromatic carbocycles. The van der Waals surface area contributed by atoms with Crippen molar-refractivity contribution >= 4 is 17.5 Å². The highest BCUT2D eigenvalue weighted by Crippen LogP contribution is 2.13. The Hall–Kier alpha value is -2.16. The van der Waals surface area contributed by atoms with Crippen molar-refractivity contribution in [3.63, 3.8) is 0 Å². The summed E-state index contributed by atoms with van der Waals surface area (Å²) in [5.41, 5.74) is 9.84. The molecule has 88 valence electrons. The van der Waals surface area contributed by atoms with E-state index in [1.54, 1.807) is 0 Å². The minimum atomic E-state index is -0.610. The van der Waals surface area contributed by atoms with Crippen LogP contribution in [0.1, 0.15) is 20.7 Å². The van der Waals surface area contributed by atoms with E-state index in [-0.39, 0.29) is 16.6 Å². The molecule has 0 unspecified atom stereocenters. The van der Waals surface area contributed by atoms with Gasteiger partial charge in [0.2, 0.25) is 0 Å². The average Bonchev–Trinajstić information content (AvgIpc) is 2.26. The predicted molar refractivity (Wildman–Crippen MR) is 57.8 cm³/mol. The molecule has 10 N–H and O–H groups in total. The molecule has 0 aromatic heterocycles. The topological polar surface area (TPSA) is 168 Å². The molecule has 16 heavy (non-hydrogen) atoms. The van der Waals surface area contributed by atoms with Gasteiger partial charge in [0, 0.05) is 5.69 Å². The third kappa shape index (κ3) is 2.67. The van der Waals surface area contributed by atoms with Crippen molar-refractivity contribution in [3.8, 4) is 0 Å². The molecular formula is C8H13N5O3. The van der Waals surface area contributed by atoms with E-state index in [1.165, 1.54) is 18.2 Å². The van der Waals surface area contributed by atoms with Gasteiger partial charge in [-0.2, -0.15) is 0 Å². The number of hydrazine groups is 2. The highest BCUT2D eigenvalue weighted by molar-refractivity contribution is 6.07. The molecule has 0 aliphatic rings. The van der Waals surface area contributed by atoms with Gasteiger partial charge < -0.3 is 11.2 Å². The number of hydrogen-bond acceptors (Lipinski definition) is 5. The van der Waals surface area contributed by atoms with Crippen LogP contribution in [0.4, 0.5) is 5.69 Å². The molecule has 0 saturated heterocycles. The number of hydrogen-bond donors (Lipinski definition) is 5. The van der Waals surface area contributed by atoms with Crippen LogP contribution in [0, 0.1) is 0 Å². The highest BCUT2D eigenvalue weighted by Gasteiger charge is 2.15. The van der Waals surface area contributed by atoms with Gasteiger partial charge in [-0.3, -0.25) is 20.4 Å². The summed E-state index contributed by atoms with van der Waals surface area (Å²) in [7, 11) is 0. The number of nitrogens with two attached hydrogens (primary N) is 3. The van der Waals surface area contributed by atoms with Crippen molar-refractivity contribution in [3.05, 3.63) is 29.3 Å². The third-order valence-corrected chi connectivity index (χ3v) is 1.80. The first-order valence-electron chi connectivity index (χ1n) is 4.01. The number of amides is 2. The summed E-state index contributed by atoms with van der Waals surface area (Å²) in [5.74, 6) is 8.72. The first-order valence-corrected chi connectivity index (χ1v) is 4.01. The summed E-state index contributed by atoms with van der Waals surface area (Å²) in [6.45, 7) is 0. The Bertz CT molecular complexity index is 407. The van der Waals surface area contributed by atoms with Crippen LogP contribution < -0.4 is 28.3 Å². The first kappa shape index (κ1) is 13.8. The van der Waals surface area contributed by atoms with E-state index in [1.807, 2.05) is 10.9 Å². The van der Waals surface area contributed by atoms with E-state index < -0.39 is 11.8 Å². The van der Waals surface area contributed by atoms with Crippen LogP contribution >= 0.6 is 0 Å². The average molecular weight is 227 g/mol. The van der Waals surface area contributed by atoms with Crippen LogP contribution in [-0.4, -0.2) is 17.3 Å². The second kappa shape index (κ2) is 5.66. The molecule has 1 rings (SSSR count). The van der Waals surface area contributed by atoms with E-state index >= 15 is 0 Å². The number of anilines is 1. The number of rotatable bonds is 2. The zero-order valence-corrected chi connectivity index (χ0v) is 8.28. The summed E-state index contributed by atoms with van der Waals surface area (Å²) < 4.78 is 0. The summed E-state index contributed by atoms with van der Waals surface area (Å²) in [6.07, 6.45) is 0. The molecule has 0 heterocycles. The van der Waals surface area contributed by atoms with Crippen molar-refractivity contribution in [1.29, 1.82) is 0 Å². The van der Waals surface area contributed by atoms with Gasteiger partial charge in [0.25, 0.3) is 11.8 Å². The lowest BCUT2D eigenvalue weighted by atomic mass is 10.1. The second-order valence-electron chi connectivity index (χ2n) is 2.75. The molecule has 0 radical (unpaired) electrons. The van der Waals surface area contributed by atoms with E-state index in [2.05, 4.69) is 0 Å². The molecule has 0 saturated carbocycles. The monoisotopic (exact) mass is 227 g/mol. The van der Waals surface area contributed by atoms with Gasteiger partial charge in [-0.25, -0.2) is 11.7 Å². The smallest absolute Gasteiger partial charge is 0.266 e. The summed E-state index contributed by atoms with van der Waals surface area (Å²) in [4.78, 5) is 22.6. The molecule has 1 aromatic rings. The lowest BCUT2D eigenvalue weighted by Gasteiger charge is -2.07. The fourth-order valence-corrected chi connectivity index (χ4v) is 1.10. The molecule has 0 fully saturated rings. The van der Waals surface area contributed by atoms with Crippen LogP contribution in [0.5, 0.6) is 0 Å². The molecule has 8 heteroatoms. The summed E-state index contributed by atoms with van der Waals surface area (Å²) in [6, 6.07) is 4.22. The minimum Gasteiger partial charge on any atom is -0.412 e. The van der Waals surface area contributed by atoms with Crippen LogP contribution in [0.25, 0.3) is 0 Å². The van der Waals surface area contributed by atoms with Gasteiger partial charge in [0.15, 0.2) is 0 Å². The molecule has 0 atom stereocenters. The standard InChI is InChI=1S/C8H11N5O2.H2O/c9-4-1-2-5(7(14)12-10)6(3-4)8(15)13-11;/h1-3H,9-11H2,(H,12,14)(H,13,15);1H2. The summed E-state index contributed by atoms with van der Waals surface area (Å²) in [5, 5.41) is 0. The Balaban J connectivity index is 0.00000225. The normalized spacial score (nSPS) is 8.88. The Labute approximate surface area is 91.0 Å². The van der Waals surface area contributed by atoms with Crippen molar-refractivity contribution in [2.45, 2.75) is 0 Å². The van der Waals surface area contributed by atoms with Crippen LogP contribution in [0.2, 0.25) is 0 Å². The van der Waals surface area contributed by atoms with Gasteiger partial charge in [-0.15, -0.1) is 0 Å². The minimum absolute atomic E-state index is 0. The van der Waals surface area contributed by atoms with Crippen molar-refractivity contribution in [2.24, 2.45) is 11.7 Å². The van der Waals surface area contributed by atoms with E-state index in [0.29, 0.717) is 5.69 Å². The van der Waals surface area contributed by atoms with Crippen molar-refractivity contribution < 1.29 is 15.1 Å². The van der Waals surface area contributed by atoms with Gasteiger partial charge in [0.1, 0.15) is 0 Å². The lowest BCUT2D eigenvalue weighted by molar-refractivity contribution is 0.0919.